The summed E-state index contributed by atoms with van der Waals surface area (Å²) < 4.78 is 6.43. The molecule has 2 fully saturated rings. The number of ether oxygens (including phenoxy) is 1. The number of nitrogens with zero attached hydrogens (tertiary/aromatic N) is 1. The zero-order valence-corrected chi connectivity index (χ0v) is 27.7. The number of nitrogens with one attached hydrogen (secondary N) is 1. The second-order valence-electron chi connectivity index (χ2n) is 13.6. The van der Waals surface area contributed by atoms with Gasteiger partial charge in [-0.25, -0.2) is 4.79 Å². The molecule has 244 valence electrons. The zero-order chi connectivity index (χ0) is 31.0. The molecule has 0 radical (unpaired) electrons. The smallest absolute Gasteiger partial charge is 0.326 e. The molecule has 2 aromatic carbocycles. The van der Waals surface area contributed by atoms with Gasteiger partial charge in [-0.15, -0.1) is 0 Å². The van der Waals surface area contributed by atoms with Gasteiger partial charge in [0.25, 0.3) is 5.91 Å². The minimum absolute atomic E-state index is 0. The van der Waals surface area contributed by atoms with Gasteiger partial charge in [-0.05, 0) is 106 Å². The summed E-state index contributed by atoms with van der Waals surface area (Å²) in [6.07, 6.45) is 12.6. The van der Waals surface area contributed by atoms with Crippen LogP contribution < -0.4 is 5.32 Å². The second-order valence-corrected chi connectivity index (χ2v) is 14.5. The number of carboxylic acid groups (broad SMARTS) is 1. The molecule has 2 atom stereocenters. The number of hydrogen-bond donors (Lipinski definition) is 2. The maximum absolute atomic E-state index is 13.6. The Kier molecular flexibility index (Phi) is 13.8. The minimum atomic E-state index is -1.00. The van der Waals surface area contributed by atoms with Gasteiger partial charge in [0.1, 0.15) is 6.04 Å². The van der Waals surface area contributed by atoms with Crippen LogP contribution in [0.2, 0.25) is 0 Å². The predicted molar refractivity (Wildman–Crippen MR) is 184 cm³/mol. The normalized spacial score (nSPS) is 17.1. The molecule has 0 aromatic heterocycles. The number of rotatable bonds is 15. The summed E-state index contributed by atoms with van der Waals surface area (Å²) in [4.78, 5) is 28.2. The van der Waals surface area contributed by atoms with E-state index in [0.29, 0.717) is 29.8 Å². The van der Waals surface area contributed by atoms with Gasteiger partial charge < -0.3 is 15.2 Å². The molecule has 4 rings (SSSR count). The van der Waals surface area contributed by atoms with Gasteiger partial charge >= 0.3 is 5.97 Å². The molecule has 2 aromatic rings. The molecular formula is C37H56N2O4S. The van der Waals surface area contributed by atoms with Gasteiger partial charge in [0.15, 0.2) is 0 Å². The van der Waals surface area contributed by atoms with Gasteiger partial charge in [0.2, 0.25) is 0 Å². The van der Waals surface area contributed by atoms with E-state index in [0.717, 1.165) is 35.8 Å². The predicted octanol–water partition coefficient (Wildman–Crippen LogP) is 8.35. The lowest BCUT2D eigenvalue weighted by Gasteiger charge is -2.37. The standard InChI is InChI=1S/C36H52N2O4S.CH4/c1-25-11-9-10-14-30(25)32-22-27(15-18-31(32)34(39)37-33(35(40)41)19-20-43-5)23-38(28-16-17-28)29(24-42-36(2,3)4)21-26-12-7-6-8-13-26;/h9-11,14-15,18,22,26,28-29,33H,6-8,12-13,16-17,19-21,23-24H2,1-5H3,(H,37,39)(H,40,41);1H4/t29-,33+;/m1./s1. The molecule has 2 N–H and O–H groups in total. The van der Waals surface area contributed by atoms with E-state index in [-0.39, 0.29) is 18.9 Å². The summed E-state index contributed by atoms with van der Waals surface area (Å²) in [5.41, 5.74) is 4.44. The van der Waals surface area contributed by atoms with E-state index in [4.69, 9.17) is 4.74 Å². The monoisotopic (exact) mass is 624 g/mol. The van der Waals surface area contributed by atoms with Crippen molar-refractivity contribution < 1.29 is 19.4 Å². The lowest BCUT2D eigenvalue weighted by atomic mass is 9.84. The van der Waals surface area contributed by atoms with E-state index >= 15 is 0 Å². The number of aryl methyl sites for hydroxylation is 1. The Hall–Kier alpha value is -2.35. The molecule has 2 aliphatic carbocycles. The number of benzene rings is 2. The van der Waals surface area contributed by atoms with Gasteiger partial charge in [0, 0.05) is 24.2 Å². The number of hydrogen-bond acceptors (Lipinski definition) is 5. The number of thioether (sulfide) groups is 1. The van der Waals surface area contributed by atoms with Gasteiger partial charge in [-0.3, -0.25) is 9.69 Å². The fourth-order valence-electron chi connectivity index (χ4n) is 6.34. The quantitative estimate of drug-likeness (QED) is 0.207. The topological polar surface area (TPSA) is 78.9 Å². The fourth-order valence-corrected chi connectivity index (χ4v) is 6.81. The van der Waals surface area contributed by atoms with Crippen molar-refractivity contribution in [2.45, 2.75) is 123 Å². The first-order valence-electron chi connectivity index (χ1n) is 16.2. The third-order valence-corrected chi connectivity index (χ3v) is 9.51. The second kappa shape index (κ2) is 16.8. The van der Waals surface area contributed by atoms with Crippen LogP contribution in [0.4, 0.5) is 0 Å². The Balaban J connectivity index is 0.00000529. The van der Waals surface area contributed by atoms with Crippen molar-refractivity contribution in [3.8, 4) is 11.1 Å². The first-order chi connectivity index (χ1) is 20.6. The minimum Gasteiger partial charge on any atom is -0.480 e. The van der Waals surface area contributed by atoms with Crippen LogP contribution in [0.25, 0.3) is 11.1 Å². The van der Waals surface area contributed by atoms with E-state index in [1.807, 2.05) is 24.5 Å². The average Bonchev–Trinajstić information content (AvgIpc) is 3.82. The Bertz CT molecular complexity index is 1220. The number of carbonyl (C=O) groups is 2. The fraction of sp³-hybridized carbons (Fsp3) is 0.622. The Labute approximate surface area is 270 Å². The molecule has 0 spiro atoms. The Morgan fingerprint density at radius 1 is 1.05 bits per heavy atom. The number of aliphatic carboxylic acids is 1. The molecule has 0 saturated heterocycles. The van der Waals surface area contributed by atoms with Gasteiger partial charge in [-0.2, -0.15) is 11.8 Å². The van der Waals surface area contributed by atoms with E-state index in [1.54, 1.807) is 11.8 Å². The average molecular weight is 625 g/mol. The summed E-state index contributed by atoms with van der Waals surface area (Å²) in [6, 6.07) is 14.2. The molecule has 0 bridgehead atoms. The van der Waals surface area contributed by atoms with Crippen molar-refractivity contribution >= 4 is 23.6 Å². The molecule has 7 heteroatoms. The summed E-state index contributed by atoms with van der Waals surface area (Å²) in [5.74, 6) is 0.0771. The lowest BCUT2D eigenvalue weighted by Crippen LogP contribution is -2.43. The van der Waals surface area contributed by atoms with Crippen LogP contribution in [0.15, 0.2) is 42.5 Å². The van der Waals surface area contributed by atoms with Crippen molar-refractivity contribution in [2.24, 2.45) is 5.92 Å². The lowest BCUT2D eigenvalue weighted by molar-refractivity contribution is -0.139. The van der Waals surface area contributed by atoms with Crippen LogP contribution in [0, 0.1) is 12.8 Å². The molecule has 2 aliphatic rings. The van der Waals surface area contributed by atoms with E-state index in [9.17, 15) is 14.7 Å². The molecular weight excluding hydrogens is 568 g/mol. The highest BCUT2D eigenvalue weighted by atomic mass is 32.2. The first kappa shape index (κ1) is 36.1. The van der Waals surface area contributed by atoms with Crippen molar-refractivity contribution in [3.63, 3.8) is 0 Å². The zero-order valence-electron chi connectivity index (χ0n) is 26.9. The molecule has 44 heavy (non-hydrogen) atoms. The number of amides is 1. The van der Waals surface area contributed by atoms with E-state index < -0.39 is 12.0 Å². The van der Waals surface area contributed by atoms with Crippen molar-refractivity contribution in [1.29, 1.82) is 0 Å². The SMILES string of the molecule is C.CSCC[C@H](NC(=O)c1ccc(CN(C2CC2)[C@@H](COC(C)(C)C)CC2CCCCC2)cc1-c1ccccc1C)C(=O)O. The van der Waals surface area contributed by atoms with Crippen LogP contribution in [0.3, 0.4) is 0 Å². The third-order valence-electron chi connectivity index (χ3n) is 8.87. The summed E-state index contributed by atoms with van der Waals surface area (Å²) in [7, 11) is 0. The van der Waals surface area contributed by atoms with Gasteiger partial charge in [0.05, 0.1) is 12.2 Å². The Morgan fingerprint density at radius 3 is 2.36 bits per heavy atom. The van der Waals surface area contributed by atoms with Crippen molar-refractivity contribution in [2.75, 3.05) is 18.6 Å². The number of carboxylic acids is 1. The third kappa shape index (κ3) is 10.6. The number of carbonyl (C=O) groups excluding carboxylic acids is 1. The van der Waals surface area contributed by atoms with Crippen LogP contribution >= 0.6 is 11.8 Å². The first-order valence-corrected chi connectivity index (χ1v) is 17.6. The van der Waals surface area contributed by atoms with E-state index in [1.165, 1.54) is 56.9 Å². The molecule has 2 saturated carbocycles. The molecule has 6 nitrogen and oxygen atoms in total. The largest absolute Gasteiger partial charge is 0.480 e. The van der Waals surface area contributed by atoms with Crippen LogP contribution in [-0.2, 0) is 16.1 Å². The molecule has 0 aliphatic heterocycles. The van der Waals surface area contributed by atoms with Gasteiger partial charge in [-0.1, -0.05) is 69.9 Å². The van der Waals surface area contributed by atoms with Crippen LogP contribution in [-0.4, -0.2) is 64.2 Å². The Morgan fingerprint density at radius 2 is 1.75 bits per heavy atom. The highest BCUT2D eigenvalue weighted by Gasteiger charge is 2.36. The molecule has 1 amide bonds. The van der Waals surface area contributed by atoms with Crippen molar-refractivity contribution in [3.05, 3.63) is 59.2 Å². The maximum Gasteiger partial charge on any atom is 0.326 e. The maximum atomic E-state index is 13.6. The summed E-state index contributed by atoms with van der Waals surface area (Å²) >= 11 is 1.58. The molecule has 0 unspecified atom stereocenters. The van der Waals surface area contributed by atoms with E-state index in [2.05, 4.69) is 62.2 Å². The highest BCUT2D eigenvalue weighted by Crippen LogP contribution is 2.36. The summed E-state index contributed by atoms with van der Waals surface area (Å²) in [5, 5.41) is 12.6. The molecule has 0 heterocycles. The van der Waals surface area contributed by atoms with Crippen molar-refractivity contribution in [1.82, 2.24) is 10.2 Å². The van der Waals surface area contributed by atoms with Crippen LogP contribution in [0.1, 0.15) is 107 Å². The highest BCUT2D eigenvalue weighted by molar-refractivity contribution is 7.98. The van der Waals surface area contributed by atoms with Crippen LogP contribution in [0.5, 0.6) is 0 Å². The summed E-state index contributed by atoms with van der Waals surface area (Å²) in [6.45, 7) is 10.0.